The van der Waals surface area contributed by atoms with Crippen molar-refractivity contribution in [3.05, 3.63) is 20.0 Å². The van der Waals surface area contributed by atoms with E-state index in [0.29, 0.717) is 0 Å². The summed E-state index contributed by atoms with van der Waals surface area (Å²) in [5.74, 6) is -0.199. The van der Waals surface area contributed by atoms with Crippen molar-refractivity contribution in [3.63, 3.8) is 0 Å². The molecule has 0 aromatic carbocycles. The van der Waals surface area contributed by atoms with Crippen LogP contribution in [0.15, 0.2) is 0 Å². The lowest BCUT2D eigenvalue weighted by atomic mass is 10.0. The first-order valence-electron chi connectivity index (χ1n) is 3.71. The van der Waals surface area contributed by atoms with Crippen LogP contribution in [0.1, 0.15) is 6.92 Å². The summed E-state index contributed by atoms with van der Waals surface area (Å²) < 4.78 is 5.00. The minimum Gasteiger partial charge on any atom is -0.418 e. The molecule has 1 aliphatic heterocycles. The average Bonchev–Trinajstić information content (AvgIpc) is 1.94. The maximum Gasteiger partial charge on any atom is 0.244 e. The van der Waals surface area contributed by atoms with Gasteiger partial charge in [0, 0.05) is 6.92 Å². The van der Waals surface area contributed by atoms with Gasteiger partial charge in [-0.15, -0.1) is 6.10 Å². The second kappa shape index (κ2) is 3.78. The fourth-order valence-electron chi connectivity index (χ4n) is 1.01. The Kier molecular flexibility index (Phi) is 2.94. The van der Waals surface area contributed by atoms with Crippen LogP contribution in [0.2, 0.25) is 0 Å². The molecule has 1 rings (SSSR count). The number of aliphatic hydroxyl groups excluding tert-OH is 1. The molecule has 0 aliphatic carbocycles. The molecule has 4 nitrogen and oxygen atoms in total. The average molecular weight is 170 g/mol. The van der Waals surface area contributed by atoms with Gasteiger partial charge < -0.3 is 17.3 Å². The standard InChI is InChI=1S/C8H12NO3/c1-5-3-8(11)7(4-12-5)9-6(2)10/h3-5,7-8,11H,1H2,2H3,(H,9,10)/q-1/t5-,7+,8+/m1/s1. The van der Waals surface area contributed by atoms with Crippen LogP contribution in [-0.2, 0) is 9.53 Å². The molecule has 1 saturated heterocycles. The molecule has 3 atom stereocenters. The number of carbonyl (C=O) groups excluding carboxylic acids is 1. The summed E-state index contributed by atoms with van der Waals surface area (Å²) in [6.45, 7) is 6.36. The van der Waals surface area contributed by atoms with Crippen LogP contribution in [0.4, 0.5) is 0 Å². The van der Waals surface area contributed by atoms with Crippen LogP contribution in [0.5, 0.6) is 0 Å². The van der Waals surface area contributed by atoms with E-state index in [9.17, 15) is 9.90 Å². The molecule has 68 valence electrons. The quantitative estimate of drug-likeness (QED) is 0.519. The van der Waals surface area contributed by atoms with Crippen molar-refractivity contribution in [1.82, 2.24) is 5.32 Å². The third-order valence-corrected chi connectivity index (χ3v) is 1.55. The largest absolute Gasteiger partial charge is 0.418 e. The summed E-state index contributed by atoms with van der Waals surface area (Å²) in [4.78, 5) is 10.6. The first kappa shape index (κ1) is 9.35. The van der Waals surface area contributed by atoms with Gasteiger partial charge in [0.25, 0.3) is 0 Å². The smallest absolute Gasteiger partial charge is 0.244 e. The van der Waals surface area contributed by atoms with Crippen LogP contribution in [0.25, 0.3) is 0 Å². The molecule has 0 unspecified atom stereocenters. The Balaban J connectivity index is 2.39. The SMILES string of the molecule is [CH2-][C@@H]1[CH-][C@H](O)[C@@H](NC(C)=O)[CH+]O1. The van der Waals surface area contributed by atoms with E-state index in [2.05, 4.69) is 12.2 Å². The fraction of sp³-hybridized carbons (Fsp3) is 0.500. The molecule has 1 heterocycles. The van der Waals surface area contributed by atoms with Crippen molar-refractivity contribution in [3.8, 4) is 0 Å². The summed E-state index contributed by atoms with van der Waals surface area (Å²) in [7, 11) is 0. The molecular weight excluding hydrogens is 158 g/mol. The van der Waals surface area contributed by atoms with Gasteiger partial charge >= 0.3 is 0 Å². The fourth-order valence-corrected chi connectivity index (χ4v) is 1.01. The number of nitrogens with one attached hydrogen (secondary N) is 1. The van der Waals surface area contributed by atoms with Gasteiger partial charge in [-0.1, -0.05) is 0 Å². The van der Waals surface area contributed by atoms with E-state index in [4.69, 9.17) is 4.74 Å². The van der Waals surface area contributed by atoms with Crippen LogP contribution in [0, 0.1) is 20.0 Å². The highest BCUT2D eigenvalue weighted by atomic mass is 16.5. The molecule has 1 aliphatic rings. The molecule has 0 bridgehead atoms. The van der Waals surface area contributed by atoms with Gasteiger partial charge in [-0.05, 0) is 6.10 Å². The highest BCUT2D eigenvalue weighted by molar-refractivity contribution is 5.73. The lowest BCUT2D eigenvalue weighted by Crippen LogP contribution is -2.48. The number of hydrogen-bond acceptors (Lipinski definition) is 3. The van der Waals surface area contributed by atoms with Gasteiger partial charge in [-0.25, -0.2) is 0 Å². The normalized spacial score (nSPS) is 35.4. The maximum absolute atomic E-state index is 10.6. The van der Waals surface area contributed by atoms with Crippen molar-refractivity contribution in [1.29, 1.82) is 0 Å². The Morgan fingerprint density at radius 3 is 3.00 bits per heavy atom. The molecule has 0 radical (unpaired) electrons. The number of hydrogen-bond donors (Lipinski definition) is 2. The van der Waals surface area contributed by atoms with Gasteiger partial charge in [0.05, 0.1) is 0 Å². The van der Waals surface area contributed by atoms with E-state index >= 15 is 0 Å². The van der Waals surface area contributed by atoms with Crippen molar-refractivity contribution in [2.75, 3.05) is 0 Å². The van der Waals surface area contributed by atoms with Crippen molar-refractivity contribution >= 4 is 5.91 Å². The Hall–Kier alpha value is -0.740. The minimum atomic E-state index is -0.717. The van der Waals surface area contributed by atoms with Crippen LogP contribution >= 0.6 is 0 Å². The Labute approximate surface area is 71.9 Å². The van der Waals surface area contributed by atoms with E-state index in [0.717, 1.165) is 0 Å². The van der Waals surface area contributed by atoms with Crippen LogP contribution in [-0.4, -0.2) is 29.3 Å². The second-order valence-corrected chi connectivity index (χ2v) is 2.72. The number of ether oxygens (including phenoxy) is 1. The lowest BCUT2D eigenvalue weighted by Gasteiger charge is -2.36. The molecule has 2 N–H and O–H groups in total. The van der Waals surface area contributed by atoms with E-state index in [-0.39, 0.29) is 12.0 Å². The summed E-state index contributed by atoms with van der Waals surface area (Å²) >= 11 is 0. The molecule has 1 fully saturated rings. The van der Waals surface area contributed by atoms with Crippen molar-refractivity contribution < 1.29 is 14.6 Å². The Bertz CT molecular complexity index is 172. The zero-order valence-electron chi connectivity index (χ0n) is 6.86. The Morgan fingerprint density at radius 2 is 2.50 bits per heavy atom. The predicted octanol–water partition coefficient (Wildman–Crippen LogP) is -0.549. The predicted molar refractivity (Wildman–Crippen MR) is 42.4 cm³/mol. The molecule has 1 amide bonds. The molecule has 0 aromatic rings. The highest BCUT2D eigenvalue weighted by Crippen LogP contribution is 2.15. The molecule has 0 saturated carbocycles. The van der Waals surface area contributed by atoms with Crippen molar-refractivity contribution in [2.45, 2.75) is 25.2 Å². The first-order valence-corrected chi connectivity index (χ1v) is 3.71. The maximum atomic E-state index is 10.6. The third kappa shape index (κ3) is 2.39. The molecule has 12 heavy (non-hydrogen) atoms. The van der Waals surface area contributed by atoms with Gasteiger partial charge in [0.2, 0.25) is 18.6 Å². The van der Waals surface area contributed by atoms with Gasteiger partial charge in [-0.3, -0.25) is 16.0 Å². The second-order valence-electron chi connectivity index (χ2n) is 2.72. The van der Waals surface area contributed by atoms with Gasteiger partial charge in [0.1, 0.15) is 0 Å². The molecule has 4 heteroatoms. The molecule has 0 aromatic heterocycles. The number of aliphatic hydroxyl groups is 1. The van der Waals surface area contributed by atoms with E-state index in [1.165, 1.54) is 20.0 Å². The topological polar surface area (TPSA) is 58.6 Å². The number of rotatable bonds is 1. The monoisotopic (exact) mass is 170 g/mol. The van der Waals surface area contributed by atoms with Crippen LogP contribution < -0.4 is 5.32 Å². The minimum absolute atomic E-state index is 0.199. The third-order valence-electron chi connectivity index (χ3n) is 1.55. The lowest BCUT2D eigenvalue weighted by molar-refractivity contribution is -0.121. The summed E-state index contributed by atoms with van der Waals surface area (Å²) in [5.41, 5.74) is 0. The van der Waals surface area contributed by atoms with E-state index in [1.54, 1.807) is 0 Å². The summed E-state index contributed by atoms with van der Waals surface area (Å²) in [5, 5.41) is 11.9. The number of carbonyl (C=O) groups is 1. The summed E-state index contributed by atoms with van der Waals surface area (Å²) in [6.07, 6.45) is 0.468. The Morgan fingerprint density at radius 1 is 1.83 bits per heavy atom. The molecular formula is C8H12NO3-. The highest BCUT2D eigenvalue weighted by Gasteiger charge is 2.27. The zero-order chi connectivity index (χ0) is 9.14. The zero-order valence-corrected chi connectivity index (χ0v) is 6.86. The number of amides is 1. The van der Waals surface area contributed by atoms with E-state index < -0.39 is 12.1 Å². The van der Waals surface area contributed by atoms with Gasteiger partial charge in [-0.2, -0.15) is 0 Å². The van der Waals surface area contributed by atoms with Crippen molar-refractivity contribution in [2.24, 2.45) is 0 Å². The molecule has 0 spiro atoms. The van der Waals surface area contributed by atoms with Gasteiger partial charge in [0.15, 0.2) is 0 Å². The summed E-state index contributed by atoms with van der Waals surface area (Å²) in [6, 6.07) is -0.458. The first-order chi connectivity index (χ1) is 5.59. The van der Waals surface area contributed by atoms with E-state index in [1.807, 2.05) is 0 Å². The van der Waals surface area contributed by atoms with Crippen LogP contribution in [0.3, 0.4) is 0 Å².